The van der Waals surface area contributed by atoms with Crippen LogP contribution in [0.1, 0.15) is 21.5 Å². The largest absolute Gasteiger partial charge is 0.489 e. The Labute approximate surface area is 167 Å². The number of halogens is 1. The van der Waals surface area contributed by atoms with Crippen LogP contribution in [0.2, 0.25) is 0 Å². The summed E-state index contributed by atoms with van der Waals surface area (Å²) in [5.74, 6) is -0.198. The van der Waals surface area contributed by atoms with Gasteiger partial charge in [0.2, 0.25) is 0 Å². The number of benzene rings is 3. The van der Waals surface area contributed by atoms with Gasteiger partial charge in [0.15, 0.2) is 0 Å². The maximum Gasteiger partial charge on any atom is 0.333 e. The second kappa shape index (κ2) is 9.89. The van der Waals surface area contributed by atoms with Crippen molar-refractivity contribution >= 4 is 11.9 Å². The van der Waals surface area contributed by atoms with Crippen LogP contribution in [0.15, 0.2) is 78.9 Å². The third-order valence-corrected chi connectivity index (χ3v) is 3.99. The van der Waals surface area contributed by atoms with E-state index in [0.29, 0.717) is 6.61 Å². The monoisotopic (exact) mass is 393 g/mol. The van der Waals surface area contributed by atoms with Crippen molar-refractivity contribution in [2.24, 2.45) is 0 Å². The standard InChI is InChI=1S/C22H20FN3O3/c23-19-11-9-18(10-12-19)21(27)25-26-22(28)24-14-16-5-4-6-17(13-16)15-29-20-7-2-1-3-8-20/h1-13H,14-15H2,(H,25,27)(H2,24,26,28). The van der Waals surface area contributed by atoms with E-state index in [1.54, 1.807) is 0 Å². The molecule has 3 rings (SSSR count). The molecular weight excluding hydrogens is 373 g/mol. The van der Waals surface area contributed by atoms with Gasteiger partial charge in [-0.05, 0) is 47.5 Å². The van der Waals surface area contributed by atoms with E-state index < -0.39 is 17.8 Å². The van der Waals surface area contributed by atoms with Gasteiger partial charge in [-0.15, -0.1) is 0 Å². The van der Waals surface area contributed by atoms with Crippen molar-refractivity contribution in [1.29, 1.82) is 0 Å². The number of hydrazine groups is 1. The van der Waals surface area contributed by atoms with Gasteiger partial charge in [-0.1, -0.05) is 42.5 Å². The lowest BCUT2D eigenvalue weighted by Crippen LogP contribution is -2.46. The first-order valence-electron chi connectivity index (χ1n) is 8.95. The SMILES string of the molecule is O=C(NCc1cccc(COc2ccccc2)c1)NNC(=O)c1ccc(F)cc1. The molecule has 0 bridgehead atoms. The van der Waals surface area contributed by atoms with Crippen molar-refractivity contribution in [3.05, 3.63) is 101 Å². The van der Waals surface area contributed by atoms with Crippen LogP contribution in [0.3, 0.4) is 0 Å². The zero-order valence-electron chi connectivity index (χ0n) is 15.5. The lowest BCUT2D eigenvalue weighted by Gasteiger charge is -2.10. The molecule has 0 saturated heterocycles. The number of hydrogen-bond donors (Lipinski definition) is 3. The summed E-state index contributed by atoms with van der Waals surface area (Å²) in [7, 11) is 0. The number of rotatable bonds is 6. The van der Waals surface area contributed by atoms with Crippen LogP contribution in [0, 0.1) is 5.82 Å². The lowest BCUT2D eigenvalue weighted by atomic mass is 10.1. The summed E-state index contributed by atoms with van der Waals surface area (Å²) >= 11 is 0. The zero-order valence-corrected chi connectivity index (χ0v) is 15.5. The van der Waals surface area contributed by atoms with Gasteiger partial charge in [-0.25, -0.2) is 14.6 Å². The summed E-state index contributed by atoms with van der Waals surface area (Å²) in [5, 5.41) is 2.65. The van der Waals surface area contributed by atoms with Gasteiger partial charge in [0.05, 0.1) is 0 Å². The number of amides is 3. The van der Waals surface area contributed by atoms with Crippen molar-refractivity contribution < 1.29 is 18.7 Å². The molecule has 0 aromatic heterocycles. The van der Waals surface area contributed by atoms with Gasteiger partial charge >= 0.3 is 6.03 Å². The van der Waals surface area contributed by atoms with Crippen LogP contribution in [-0.2, 0) is 13.2 Å². The minimum atomic E-state index is -0.564. The first-order chi connectivity index (χ1) is 14.1. The van der Waals surface area contributed by atoms with E-state index in [4.69, 9.17) is 4.74 Å². The predicted octanol–water partition coefficient (Wildman–Crippen LogP) is 3.55. The Kier molecular flexibility index (Phi) is 6.78. The molecule has 0 aliphatic rings. The molecular formula is C22H20FN3O3. The fourth-order valence-electron chi connectivity index (χ4n) is 2.53. The highest BCUT2D eigenvalue weighted by atomic mass is 19.1. The molecule has 0 radical (unpaired) electrons. The summed E-state index contributed by atoms with van der Waals surface area (Å²) in [5.41, 5.74) is 6.61. The molecule has 0 heterocycles. The number of carbonyl (C=O) groups is 2. The molecule has 7 heteroatoms. The van der Waals surface area contributed by atoms with Gasteiger partial charge in [0.25, 0.3) is 5.91 Å². The van der Waals surface area contributed by atoms with E-state index in [2.05, 4.69) is 16.2 Å². The van der Waals surface area contributed by atoms with E-state index >= 15 is 0 Å². The van der Waals surface area contributed by atoms with Crippen LogP contribution >= 0.6 is 0 Å². The number of para-hydroxylation sites is 1. The van der Waals surface area contributed by atoms with Crippen LogP contribution in [0.5, 0.6) is 5.75 Å². The summed E-state index contributed by atoms with van der Waals surface area (Å²) in [6.45, 7) is 0.690. The van der Waals surface area contributed by atoms with Gasteiger partial charge < -0.3 is 10.1 Å². The Hall–Kier alpha value is -3.87. The van der Waals surface area contributed by atoms with Crippen molar-refractivity contribution in [1.82, 2.24) is 16.2 Å². The highest BCUT2D eigenvalue weighted by Crippen LogP contribution is 2.12. The third kappa shape index (κ3) is 6.35. The molecule has 0 fully saturated rings. The van der Waals surface area contributed by atoms with E-state index in [9.17, 15) is 14.0 Å². The second-order valence-corrected chi connectivity index (χ2v) is 6.19. The molecule has 0 atom stereocenters. The zero-order chi connectivity index (χ0) is 20.5. The molecule has 3 aromatic carbocycles. The number of carbonyl (C=O) groups excluding carboxylic acids is 2. The Bertz CT molecular complexity index is 963. The first-order valence-corrected chi connectivity index (χ1v) is 8.95. The molecule has 6 nitrogen and oxygen atoms in total. The van der Waals surface area contributed by atoms with Gasteiger partial charge in [-0.3, -0.25) is 10.2 Å². The Balaban J connectivity index is 1.43. The molecule has 0 spiro atoms. The topological polar surface area (TPSA) is 79.5 Å². The maximum absolute atomic E-state index is 12.9. The molecule has 0 saturated carbocycles. The fraction of sp³-hybridized carbons (Fsp3) is 0.0909. The number of nitrogens with one attached hydrogen (secondary N) is 3. The van der Waals surface area contributed by atoms with Crippen LogP contribution < -0.4 is 20.9 Å². The van der Waals surface area contributed by atoms with Crippen molar-refractivity contribution in [3.8, 4) is 5.75 Å². The Morgan fingerprint density at radius 2 is 1.55 bits per heavy atom. The van der Waals surface area contributed by atoms with E-state index in [0.717, 1.165) is 16.9 Å². The normalized spacial score (nSPS) is 10.1. The van der Waals surface area contributed by atoms with Crippen molar-refractivity contribution in [2.75, 3.05) is 0 Å². The quantitative estimate of drug-likeness (QED) is 0.561. The average molecular weight is 393 g/mol. The average Bonchev–Trinajstić information content (AvgIpc) is 2.76. The van der Waals surface area contributed by atoms with Gasteiger partial charge in [0.1, 0.15) is 18.2 Å². The number of urea groups is 1. The molecule has 29 heavy (non-hydrogen) atoms. The highest BCUT2D eigenvalue weighted by molar-refractivity contribution is 5.95. The van der Waals surface area contributed by atoms with Crippen LogP contribution in [-0.4, -0.2) is 11.9 Å². The molecule has 148 valence electrons. The van der Waals surface area contributed by atoms with E-state index in [1.807, 2.05) is 54.6 Å². The summed E-state index contributed by atoms with van der Waals surface area (Å²) in [6, 6.07) is 21.6. The van der Waals surface area contributed by atoms with Crippen molar-refractivity contribution in [2.45, 2.75) is 13.2 Å². The molecule has 0 aliphatic heterocycles. The Morgan fingerprint density at radius 3 is 2.31 bits per heavy atom. The second-order valence-electron chi connectivity index (χ2n) is 6.19. The fourth-order valence-corrected chi connectivity index (χ4v) is 2.53. The van der Waals surface area contributed by atoms with E-state index in [1.165, 1.54) is 24.3 Å². The van der Waals surface area contributed by atoms with E-state index in [-0.39, 0.29) is 12.1 Å². The van der Waals surface area contributed by atoms with Crippen LogP contribution in [0.25, 0.3) is 0 Å². The first kappa shape index (κ1) is 19.9. The summed E-state index contributed by atoms with van der Waals surface area (Å²) in [6.07, 6.45) is 0. The summed E-state index contributed by atoms with van der Waals surface area (Å²) < 4.78 is 18.6. The smallest absolute Gasteiger partial charge is 0.333 e. The highest BCUT2D eigenvalue weighted by Gasteiger charge is 2.07. The Morgan fingerprint density at radius 1 is 0.828 bits per heavy atom. The minimum absolute atomic E-state index is 0.234. The molecule has 0 aliphatic carbocycles. The molecule has 3 amide bonds. The van der Waals surface area contributed by atoms with Gasteiger partial charge in [0, 0.05) is 12.1 Å². The van der Waals surface area contributed by atoms with Crippen molar-refractivity contribution in [3.63, 3.8) is 0 Å². The minimum Gasteiger partial charge on any atom is -0.489 e. The van der Waals surface area contributed by atoms with Crippen LogP contribution in [0.4, 0.5) is 9.18 Å². The number of ether oxygens (including phenoxy) is 1. The summed E-state index contributed by atoms with van der Waals surface area (Å²) in [4.78, 5) is 23.8. The molecule has 3 N–H and O–H groups in total. The maximum atomic E-state index is 12.9. The molecule has 3 aromatic rings. The number of hydrogen-bond acceptors (Lipinski definition) is 3. The lowest BCUT2D eigenvalue weighted by molar-refractivity contribution is 0.0936. The third-order valence-electron chi connectivity index (χ3n) is 3.99. The predicted molar refractivity (Wildman–Crippen MR) is 106 cm³/mol. The molecule has 0 unspecified atom stereocenters. The van der Waals surface area contributed by atoms with Gasteiger partial charge in [-0.2, -0.15) is 0 Å².